The van der Waals surface area contributed by atoms with E-state index in [0.29, 0.717) is 31.4 Å². The molecule has 0 amide bonds. The zero-order valence-corrected chi connectivity index (χ0v) is 11.4. The number of halogens is 4. The van der Waals surface area contributed by atoms with Crippen LogP contribution in [0.2, 0.25) is 0 Å². The lowest BCUT2D eigenvalue weighted by Crippen LogP contribution is -2.03. The van der Waals surface area contributed by atoms with Crippen LogP contribution in [0, 0.1) is 11.6 Å². The van der Waals surface area contributed by atoms with E-state index in [1.807, 2.05) is 0 Å². The summed E-state index contributed by atoms with van der Waals surface area (Å²) < 4.78 is 65.5. The van der Waals surface area contributed by atoms with Crippen LogP contribution < -0.4 is 4.74 Å². The van der Waals surface area contributed by atoms with Gasteiger partial charge in [0.25, 0.3) is 9.05 Å². The first-order chi connectivity index (χ1) is 8.86. The second-order valence-electron chi connectivity index (χ2n) is 3.75. The van der Waals surface area contributed by atoms with Crippen molar-refractivity contribution in [2.45, 2.75) is 24.2 Å². The molecule has 0 aliphatic heterocycles. The van der Waals surface area contributed by atoms with Gasteiger partial charge in [0.05, 0.1) is 18.2 Å². The number of alkyl halides is 1. The predicted molar refractivity (Wildman–Crippen MR) is 64.7 cm³/mol. The Balaban J connectivity index is 2.75. The molecule has 3 nitrogen and oxygen atoms in total. The second-order valence-corrected chi connectivity index (χ2v) is 6.32. The molecule has 0 bridgehead atoms. The topological polar surface area (TPSA) is 43.4 Å². The van der Waals surface area contributed by atoms with Gasteiger partial charge in [-0.15, -0.1) is 0 Å². The van der Waals surface area contributed by atoms with E-state index in [9.17, 15) is 21.6 Å². The number of hydrogen-bond acceptors (Lipinski definition) is 3. The molecule has 0 fully saturated rings. The average molecular weight is 317 g/mol. The molecule has 0 heterocycles. The largest absolute Gasteiger partial charge is 0.488 e. The molecule has 0 saturated heterocycles. The number of ether oxygens (including phenoxy) is 1. The van der Waals surface area contributed by atoms with Crippen LogP contribution in [0.5, 0.6) is 5.75 Å². The molecule has 0 atom stereocenters. The van der Waals surface area contributed by atoms with Crippen LogP contribution in [0.1, 0.15) is 19.3 Å². The Bertz CT molecular complexity index is 511. The van der Waals surface area contributed by atoms with E-state index in [1.165, 1.54) is 0 Å². The van der Waals surface area contributed by atoms with Crippen molar-refractivity contribution in [1.29, 1.82) is 0 Å². The van der Waals surface area contributed by atoms with Crippen molar-refractivity contribution in [1.82, 2.24) is 0 Å². The minimum Gasteiger partial charge on any atom is -0.488 e. The van der Waals surface area contributed by atoms with Crippen molar-refractivity contribution < 1.29 is 26.3 Å². The van der Waals surface area contributed by atoms with Gasteiger partial charge in [-0.1, -0.05) is 0 Å². The van der Waals surface area contributed by atoms with Gasteiger partial charge in [-0.25, -0.2) is 17.2 Å². The molecule has 1 aromatic carbocycles. The summed E-state index contributed by atoms with van der Waals surface area (Å²) in [4.78, 5) is -0.672. The van der Waals surface area contributed by atoms with Crippen molar-refractivity contribution in [3.63, 3.8) is 0 Å². The van der Waals surface area contributed by atoms with Crippen molar-refractivity contribution in [3.05, 3.63) is 23.8 Å². The summed E-state index contributed by atoms with van der Waals surface area (Å²) in [6, 6.07) is 1.17. The Morgan fingerprint density at radius 3 is 2.16 bits per heavy atom. The summed E-state index contributed by atoms with van der Waals surface area (Å²) in [6.07, 6.45) is 1.34. The van der Waals surface area contributed by atoms with Crippen molar-refractivity contribution in [3.8, 4) is 5.75 Å². The lowest BCUT2D eigenvalue weighted by Gasteiger charge is -2.09. The van der Waals surface area contributed by atoms with Crippen molar-refractivity contribution in [2.24, 2.45) is 0 Å². The molecule has 0 radical (unpaired) electrons. The van der Waals surface area contributed by atoms with Crippen LogP contribution in [0.25, 0.3) is 0 Å². The fourth-order valence-corrected chi connectivity index (χ4v) is 2.12. The standard InChI is InChI=1S/C11H12ClF3O3S/c12-19(16,17)8-6-9(14)11(10(15)7-8)18-5-3-1-2-4-13/h6-7H,1-5H2. The molecule has 0 N–H and O–H groups in total. The first-order valence-corrected chi connectivity index (χ1v) is 7.79. The molecule has 1 rings (SSSR count). The van der Waals surface area contributed by atoms with Crippen LogP contribution in [0.3, 0.4) is 0 Å². The quantitative estimate of drug-likeness (QED) is 0.572. The second kappa shape index (κ2) is 7.00. The van der Waals surface area contributed by atoms with Crippen molar-refractivity contribution in [2.75, 3.05) is 13.3 Å². The Labute approximate surface area is 113 Å². The number of rotatable bonds is 7. The zero-order valence-electron chi connectivity index (χ0n) is 9.84. The summed E-state index contributed by atoms with van der Waals surface area (Å²) in [5.74, 6) is -2.96. The van der Waals surface area contributed by atoms with E-state index < -0.39 is 38.0 Å². The Kier molecular flexibility index (Phi) is 5.93. The molecule has 0 unspecified atom stereocenters. The Morgan fingerprint density at radius 1 is 1.11 bits per heavy atom. The zero-order chi connectivity index (χ0) is 14.5. The monoisotopic (exact) mass is 316 g/mol. The first kappa shape index (κ1) is 16.1. The van der Waals surface area contributed by atoms with Gasteiger partial charge in [0.1, 0.15) is 0 Å². The molecule has 108 valence electrons. The first-order valence-electron chi connectivity index (χ1n) is 5.48. The number of hydrogen-bond donors (Lipinski definition) is 0. The van der Waals surface area contributed by atoms with Gasteiger partial charge < -0.3 is 4.74 Å². The molecular formula is C11H12ClF3O3S. The van der Waals surface area contributed by atoms with Crippen LogP contribution in [0.4, 0.5) is 13.2 Å². The van der Waals surface area contributed by atoms with Gasteiger partial charge in [0, 0.05) is 10.7 Å². The number of unbranched alkanes of at least 4 members (excludes halogenated alkanes) is 2. The molecule has 0 aromatic heterocycles. The van der Waals surface area contributed by atoms with Crippen LogP contribution >= 0.6 is 10.7 Å². The minimum atomic E-state index is -4.20. The minimum absolute atomic E-state index is 0.0147. The Hall–Kier alpha value is -0.950. The fraction of sp³-hybridized carbons (Fsp3) is 0.455. The van der Waals surface area contributed by atoms with Gasteiger partial charge in [-0.05, 0) is 31.4 Å². The van der Waals surface area contributed by atoms with Gasteiger partial charge in [0.15, 0.2) is 17.4 Å². The predicted octanol–water partition coefficient (Wildman–Crippen LogP) is 3.41. The molecule has 19 heavy (non-hydrogen) atoms. The molecule has 0 aliphatic carbocycles. The molecule has 8 heteroatoms. The van der Waals surface area contributed by atoms with Crippen molar-refractivity contribution >= 4 is 19.7 Å². The lowest BCUT2D eigenvalue weighted by molar-refractivity contribution is 0.272. The third kappa shape index (κ3) is 4.91. The third-order valence-corrected chi connectivity index (χ3v) is 3.61. The maximum absolute atomic E-state index is 13.5. The van der Waals surface area contributed by atoms with Crippen LogP contribution in [0.15, 0.2) is 17.0 Å². The maximum atomic E-state index is 13.5. The van der Waals surface area contributed by atoms with E-state index in [4.69, 9.17) is 15.4 Å². The fourth-order valence-electron chi connectivity index (χ4n) is 1.36. The maximum Gasteiger partial charge on any atom is 0.261 e. The van der Waals surface area contributed by atoms with Crippen LogP contribution in [-0.2, 0) is 9.05 Å². The molecule has 1 aromatic rings. The summed E-state index contributed by atoms with van der Waals surface area (Å²) >= 11 is 0. The lowest BCUT2D eigenvalue weighted by atomic mass is 10.2. The summed E-state index contributed by atoms with van der Waals surface area (Å²) in [5, 5.41) is 0. The van der Waals surface area contributed by atoms with E-state index in [-0.39, 0.29) is 6.61 Å². The molecule has 0 aliphatic rings. The highest BCUT2D eigenvalue weighted by Gasteiger charge is 2.18. The van der Waals surface area contributed by atoms with Crippen LogP contribution in [-0.4, -0.2) is 21.7 Å². The highest BCUT2D eigenvalue weighted by molar-refractivity contribution is 8.13. The normalized spacial score (nSPS) is 11.6. The summed E-state index contributed by atoms with van der Waals surface area (Å²) in [7, 11) is 0.777. The van der Waals surface area contributed by atoms with E-state index in [2.05, 4.69) is 0 Å². The van der Waals surface area contributed by atoms with E-state index >= 15 is 0 Å². The Morgan fingerprint density at radius 2 is 1.68 bits per heavy atom. The van der Waals surface area contributed by atoms with E-state index in [1.54, 1.807) is 0 Å². The summed E-state index contributed by atoms with van der Waals surface area (Å²) in [5.41, 5.74) is 0. The smallest absolute Gasteiger partial charge is 0.261 e. The molecule has 0 saturated carbocycles. The third-order valence-electron chi connectivity index (χ3n) is 2.28. The van der Waals surface area contributed by atoms with E-state index in [0.717, 1.165) is 0 Å². The average Bonchev–Trinajstić information content (AvgIpc) is 2.30. The van der Waals surface area contributed by atoms with Gasteiger partial charge in [-0.3, -0.25) is 4.39 Å². The van der Waals surface area contributed by atoms with Gasteiger partial charge in [-0.2, -0.15) is 0 Å². The van der Waals surface area contributed by atoms with Gasteiger partial charge in [0.2, 0.25) is 0 Å². The SMILES string of the molecule is O=S(=O)(Cl)c1cc(F)c(OCCCCCF)c(F)c1. The molecular weight excluding hydrogens is 305 g/mol. The molecule has 0 spiro atoms. The van der Waals surface area contributed by atoms with Gasteiger partial charge >= 0.3 is 0 Å². The highest BCUT2D eigenvalue weighted by Crippen LogP contribution is 2.27. The number of benzene rings is 1. The summed E-state index contributed by atoms with van der Waals surface area (Å²) in [6.45, 7) is -0.439. The highest BCUT2D eigenvalue weighted by atomic mass is 35.7.